The Morgan fingerprint density at radius 1 is 1.17 bits per heavy atom. The highest BCUT2D eigenvalue weighted by Gasteiger charge is 2.20. The summed E-state index contributed by atoms with van der Waals surface area (Å²) in [6, 6.07) is 13.4. The van der Waals surface area contributed by atoms with Crippen LogP contribution in [-0.4, -0.2) is 39.9 Å². The van der Waals surface area contributed by atoms with Crippen LogP contribution in [0.1, 0.15) is 19.4 Å². The lowest BCUT2D eigenvalue weighted by Gasteiger charge is -2.21. The van der Waals surface area contributed by atoms with Crippen LogP contribution < -0.4 is 14.5 Å². The van der Waals surface area contributed by atoms with E-state index in [-0.39, 0.29) is 0 Å². The third kappa shape index (κ3) is 7.75. The molecule has 0 aliphatic heterocycles. The number of halogens is 1. The van der Waals surface area contributed by atoms with Crippen LogP contribution in [0.3, 0.4) is 0 Å². The highest BCUT2D eigenvalue weighted by atomic mass is 35.5. The molecule has 0 aromatic heterocycles. The normalized spacial score (nSPS) is 11.6. The number of carbonyl (C=O) groups is 1. The fraction of sp³-hybridized carbons (Fsp3) is 0.300. The Labute approximate surface area is 176 Å². The number of carbonyl (C=O) groups excluding carboxylic acids is 1. The Balaban J connectivity index is 1.95. The van der Waals surface area contributed by atoms with Gasteiger partial charge in [0.25, 0.3) is 5.91 Å². The van der Waals surface area contributed by atoms with Crippen molar-refractivity contribution in [1.29, 1.82) is 0 Å². The molecule has 156 valence electrons. The van der Waals surface area contributed by atoms with E-state index < -0.39 is 22.5 Å². The monoisotopic (exact) mass is 437 g/mol. The Morgan fingerprint density at radius 2 is 1.79 bits per heavy atom. The zero-order valence-electron chi connectivity index (χ0n) is 16.5. The molecule has 2 aromatic rings. The smallest absolute Gasteiger partial charge is 0.260 e. The number of nitrogens with one attached hydrogen (secondary N) is 1. The molecule has 1 N–H and O–H groups in total. The largest absolute Gasteiger partial charge is 0.493 e. The molecule has 0 atom stereocenters. The minimum absolute atomic E-state index is 0.341. The van der Waals surface area contributed by atoms with Crippen LogP contribution in [0.2, 0.25) is 5.02 Å². The maximum atomic E-state index is 12.2. The Bertz CT molecular complexity index is 943. The maximum Gasteiger partial charge on any atom is 0.260 e. The molecule has 0 bridgehead atoms. The van der Waals surface area contributed by atoms with Crippen LogP contribution in [0.15, 0.2) is 53.6 Å². The van der Waals surface area contributed by atoms with E-state index in [9.17, 15) is 13.2 Å². The van der Waals surface area contributed by atoms with Gasteiger partial charge in [0, 0.05) is 5.02 Å². The first-order valence-corrected chi connectivity index (χ1v) is 11.2. The molecule has 0 aliphatic rings. The molecule has 0 saturated heterocycles. The summed E-state index contributed by atoms with van der Waals surface area (Å²) in [7, 11) is -3.66. The molecule has 2 aromatic carbocycles. The van der Waals surface area contributed by atoms with Crippen molar-refractivity contribution in [1.82, 2.24) is 5.43 Å². The predicted octanol–water partition coefficient (Wildman–Crippen LogP) is 3.29. The SMILES string of the molecule is CC(C)COc1ccc(C=NNC(=O)CN(c2ccc(Cl)cc2)S(C)(=O)=O)cc1. The van der Waals surface area contributed by atoms with Crippen molar-refractivity contribution >= 4 is 39.4 Å². The van der Waals surface area contributed by atoms with Crippen molar-refractivity contribution in [2.45, 2.75) is 13.8 Å². The minimum atomic E-state index is -3.66. The lowest BCUT2D eigenvalue weighted by atomic mass is 10.2. The number of hydrazone groups is 1. The molecular formula is C20H24ClN3O4S. The van der Waals surface area contributed by atoms with Crippen LogP contribution in [0.4, 0.5) is 5.69 Å². The molecule has 0 heterocycles. The average molecular weight is 438 g/mol. The Kier molecular flexibility index (Phi) is 8.04. The highest BCUT2D eigenvalue weighted by Crippen LogP contribution is 2.20. The summed E-state index contributed by atoms with van der Waals surface area (Å²) in [6.45, 7) is 4.37. The molecule has 0 radical (unpaired) electrons. The van der Waals surface area contributed by atoms with Crippen molar-refractivity contribution in [3.8, 4) is 5.75 Å². The van der Waals surface area contributed by atoms with E-state index in [1.165, 1.54) is 18.3 Å². The number of amides is 1. The van der Waals surface area contributed by atoms with Gasteiger partial charge in [-0.25, -0.2) is 13.8 Å². The van der Waals surface area contributed by atoms with Crippen molar-refractivity contribution in [3.05, 3.63) is 59.1 Å². The van der Waals surface area contributed by atoms with E-state index in [0.29, 0.717) is 23.2 Å². The molecule has 7 nitrogen and oxygen atoms in total. The van der Waals surface area contributed by atoms with Crippen LogP contribution in [-0.2, 0) is 14.8 Å². The van der Waals surface area contributed by atoms with Crippen molar-refractivity contribution in [2.24, 2.45) is 11.0 Å². The van der Waals surface area contributed by atoms with Gasteiger partial charge in [-0.3, -0.25) is 9.10 Å². The molecular weight excluding hydrogens is 414 g/mol. The van der Waals surface area contributed by atoms with E-state index in [1.807, 2.05) is 24.3 Å². The van der Waals surface area contributed by atoms with Crippen molar-refractivity contribution < 1.29 is 17.9 Å². The molecule has 29 heavy (non-hydrogen) atoms. The van der Waals surface area contributed by atoms with Crippen LogP contribution in [0.25, 0.3) is 0 Å². The van der Waals surface area contributed by atoms with Gasteiger partial charge in [-0.05, 0) is 60.0 Å². The van der Waals surface area contributed by atoms with Gasteiger partial charge in [0.15, 0.2) is 0 Å². The Morgan fingerprint density at radius 3 is 2.34 bits per heavy atom. The summed E-state index contributed by atoms with van der Waals surface area (Å²) >= 11 is 5.83. The number of hydrogen-bond donors (Lipinski definition) is 1. The van der Waals surface area contributed by atoms with Gasteiger partial charge in [-0.2, -0.15) is 5.10 Å². The van der Waals surface area contributed by atoms with Crippen LogP contribution >= 0.6 is 11.6 Å². The number of anilines is 1. The third-order valence-corrected chi connectivity index (χ3v) is 5.06. The predicted molar refractivity (Wildman–Crippen MR) is 116 cm³/mol. The number of rotatable bonds is 9. The number of nitrogens with zero attached hydrogens (tertiary/aromatic N) is 2. The van der Waals surface area contributed by atoms with E-state index in [4.69, 9.17) is 16.3 Å². The van der Waals surface area contributed by atoms with Crippen LogP contribution in [0, 0.1) is 5.92 Å². The topological polar surface area (TPSA) is 88.1 Å². The number of benzene rings is 2. The fourth-order valence-electron chi connectivity index (χ4n) is 2.26. The summed E-state index contributed by atoms with van der Waals surface area (Å²) in [5, 5.41) is 4.35. The minimum Gasteiger partial charge on any atom is -0.493 e. The zero-order chi connectivity index (χ0) is 21.4. The van der Waals surface area contributed by atoms with Crippen molar-refractivity contribution in [3.63, 3.8) is 0 Å². The molecule has 9 heteroatoms. The van der Waals surface area contributed by atoms with Crippen molar-refractivity contribution in [2.75, 3.05) is 23.7 Å². The molecule has 0 fully saturated rings. The van der Waals surface area contributed by atoms with Gasteiger partial charge in [-0.1, -0.05) is 25.4 Å². The van der Waals surface area contributed by atoms with Gasteiger partial charge < -0.3 is 4.74 Å². The van der Waals surface area contributed by atoms with Gasteiger partial charge in [0.1, 0.15) is 12.3 Å². The standard InChI is InChI=1S/C20H24ClN3O4S/c1-15(2)14-28-19-10-4-16(5-11-19)12-22-23-20(25)13-24(29(3,26)27)18-8-6-17(21)7-9-18/h4-12,15H,13-14H2,1-3H3,(H,23,25). The van der Waals surface area contributed by atoms with E-state index in [1.54, 1.807) is 12.1 Å². The third-order valence-electron chi connectivity index (χ3n) is 3.67. The molecule has 2 rings (SSSR count). The second-order valence-corrected chi connectivity index (χ2v) is 9.16. The Hall–Kier alpha value is -2.58. The van der Waals surface area contributed by atoms with Gasteiger partial charge in [-0.15, -0.1) is 0 Å². The summed E-state index contributed by atoms with van der Waals surface area (Å²) in [6.07, 6.45) is 2.50. The lowest BCUT2D eigenvalue weighted by molar-refractivity contribution is -0.119. The van der Waals surface area contributed by atoms with Crippen LogP contribution in [0.5, 0.6) is 5.75 Å². The number of hydrogen-bond acceptors (Lipinski definition) is 5. The summed E-state index contributed by atoms with van der Waals surface area (Å²) < 4.78 is 30.7. The average Bonchev–Trinajstić information content (AvgIpc) is 2.65. The molecule has 0 spiro atoms. The van der Waals surface area contributed by atoms with Gasteiger partial charge in [0.05, 0.1) is 24.8 Å². The molecule has 0 saturated carbocycles. The fourth-order valence-corrected chi connectivity index (χ4v) is 3.25. The first-order chi connectivity index (χ1) is 13.6. The second kappa shape index (κ2) is 10.3. The highest BCUT2D eigenvalue weighted by molar-refractivity contribution is 7.92. The lowest BCUT2D eigenvalue weighted by Crippen LogP contribution is -2.38. The summed E-state index contributed by atoms with van der Waals surface area (Å²) in [4.78, 5) is 12.2. The van der Waals surface area contributed by atoms with E-state index >= 15 is 0 Å². The van der Waals surface area contributed by atoms with E-state index in [2.05, 4.69) is 24.4 Å². The van der Waals surface area contributed by atoms with E-state index in [0.717, 1.165) is 21.9 Å². The molecule has 0 aliphatic carbocycles. The number of sulfonamides is 1. The quantitative estimate of drug-likeness (QED) is 0.481. The second-order valence-electron chi connectivity index (χ2n) is 6.81. The molecule has 1 amide bonds. The maximum absolute atomic E-state index is 12.2. The zero-order valence-corrected chi connectivity index (χ0v) is 18.1. The molecule has 0 unspecified atom stereocenters. The number of ether oxygens (including phenoxy) is 1. The summed E-state index contributed by atoms with van der Waals surface area (Å²) in [5.41, 5.74) is 3.44. The first-order valence-electron chi connectivity index (χ1n) is 8.93. The van der Waals surface area contributed by atoms with Gasteiger partial charge >= 0.3 is 0 Å². The summed E-state index contributed by atoms with van der Waals surface area (Å²) in [5.74, 6) is 0.621. The van der Waals surface area contributed by atoms with Gasteiger partial charge in [0.2, 0.25) is 10.0 Å². The first kappa shape index (κ1) is 22.7.